The van der Waals surface area contributed by atoms with Crippen LogP contribution in [-0.2, 0) is 29.2 Å². The fourth-order valence-corrected chi connectivity index (χ4v) is 4.05. The third-order valence-corrected chi connectivity index (χ3v) is 5.69. The van der Waals surface area contributed by atoms with Gasteiger partial charge in [0, 0.05) is 5.56 Å². The van der Waals surface area contributed by atoms with E-state index in [0.29, 0.717) is 12.8 Å². The number of hydrogen-bond donors (Lipinski definition) is 1. The van der Waals surface area contributed by atoms with Crippen molar-refractivity contribution in [2.75, 3.05) is 26.1 Å². The molecule has 0 heterocycles. The highest BCUT2D eigenvalue weighted by Gasteiger charge is 2.46. The molecule has 174 valence electrons. The van der Waals surface area contributed by atoms with Crippen LogP contribution in [0.3, 0.4) is 0 Å². The second kappa shape index (κ2) is 10.2. The van der Waals surface area contributed by atoms with Gasteiger partial charge in [0.25, 0.3) is 5.91 Å². The normalized spacial score (nSPS) is 14.3. The Hall–Kier alpha value is -3.75. The number of benzene rings is 2. The van der Waals surface area contributed by atoms with E-state index in [1.807, 2.05) is 0 Å². The second-order valence-electron chi connectivity index (χ2n) is 7.64. The van der Waals surface area contributed by atoms with Gasteiger partial charge in [0.2, 0.25) is 0 Å². The molecule has 0 aliphatic heterocycles. The van der Waals surface area contributed by atoms with Crippen LogP contribution in [0.4, 0.5) is 10.1 Å². The van der Waals surface area contributed by atoms with Gasteiger partial charge in [-0.15, -0.1) is 0 Å². The third kappa shape index (κ3) is 5.02. The standard InChI is InChI=1S/C24H24FNO7/c1-31-21(28)15-9-10-16(22(29)32-2)19(13-15)26-20(27)14-33-23(30)24(11-5-6-12-24)17-7-3-4-8-18(17)25/h3-4,7-10,13H,5-6,11-12,14H2,1-2H3,(H,26,27). The summed E-state index contributed by atoms with van der Waals surface area (Å²) < 4.78 is 29.1. The Morgan fingerprint density at radius 2 is 1.64 bits per heavy atom. The number of carbonyl (C=O) groups excluding carboxylic acids is 4. The summed E-state index contributed by atoms with van der Waals surface area (Å²) in [4.78, 5) is 49.3. The lowest BCUT2D eigenvalue weighted by molar-refractivity contribution is -0.153. The molecule has 0 aromatic heterocycles. The maximum Gasteiger partial charge on any atom is 0.339 e. The molecular formula is C24H24FNO7. The quantitative estimate of drug-likeness (QED) is 0.502. The fraction of sp³-hybridized carbons (Fsp3) is 0.333. The number of hydrogen-bond acceptors (Lipinski definition) is 7. The van der Waals surface area contributed by atoms with Gasteiger partial charge < -0.3 is 19.5 Å². The first-order chi connectivity index (χ1) is 15.8. The topological polar surface area (TPSA) is 108 Å². The Morgan fingerprint density at radius 1 is 0.970 bits per heavy atom. The summed E-state index contributed by atoms with van der Waals surface area (Å²) in [5.41, 5.74) is -0.791. The van der Waals surface area contributed by atoms with Crippen LogP contribution < -0.4 is 5.32 Å². The summed E-state index contributed by atoms with van der Waals surface area (Å²) in [5.74, 6) is -3.32. The average molecular weight is 457 g/mol. The second-order valence-corrected chi connectivity index (χ2v) is 7.64. The van der Waals surface area contributed by atoms with Crippen molar-refractivity contribution in [1.82, 2.24) is 0 Å². The van der Waals surface area contributed by atoms with Gasteiger partial charge in [-0.1, -0.05) is 31.0 Å². The lowest BCUT2D eigenvalue weighted by Gasteiger charge is -2.27. The molecule has 1 aliphatic carbocycles. The zero-order valence-electron chi connectivity index (χ0n) is 18.3. The molecular weight excluding hydrogens is 433 g/mol. The number of ether oxygens (including phenoxy) is 3. The highest BCUT2D eigenvalue weighted by Crippen LogP contribution is 2.43. The molecule has 8 nitrogen and oxygen atoms in total. The van der Waals surface area contributed by atoms with E-state index in [0.717, 1.165) is 12.8 Å². The Balaban J connectivity index is 1.76. The molecule has 2 aromatic carbocycles. The minimum absolute atomic E-state index is 0.00319. The Bertz CT molecular complexity index is 1080. The van der Waals surface area contributed by atoms with Crippen molar-refractivity contribution in [3.63, 3.8) is 0 Å². The highest BCUT2D eigenvalue weighted by atomic mass is 19.1. The van der Waals surface area contributed by atoms with E-state index in [9.17, 15) is 23.6 Å². The average Bonchev–Trinajstić information content (AvgIpc) is 3.32. The van der Waals surface area contributed by atoms with Gasteiger partial charge in [0.15, 0.2) is 6.61 Å². The van der Waals surface area contributed by atoms with E-state index in [1.165, 1.54) is 38.5 Å². The first-order valence-corrected chi connectivity index (χ1v) is 10.3. The minimum atomic E-state index is -1.15. The summed E-state index contributed by atoms with van der Waals surface area (Å²) in [6.07, 6.45) is 2.31. The summed E-state index contributed by atoms with van der Waals surface area (Å²) in [7, 11) is 2.37. The van der Waals surface area contributed by atoms with Crippen LogP contribution in [0.25, 0.3) is 0 Å². The molecule has 9 heteroatoms. The zero-order valence-corrected chi connectivity index (χ0v) is 18.3. The fourth-order valence-electron chi connectivity index (χ4n) is 4.05. The molecule has 0 saturated heterocycles. The lowest BCUT2D eigenvalue weighted by atomic mass is 9.78. The molecule has 33 heavy (non-hydrogen) atoms. The van der Waals surface area contributed by atoms with Crippen molar-refractivity contribution < 1.29 is 37.8 Å². The van der Waals surface area contributed by atoms with Gasteiger partial charge in [0.05, 0.1) is 36.4 Å². The van der Waals surface area contributed by atoms with Gasteiger partial charge >= 0.3 is 17.9 Å². The highest BCUT2D eigenvalue weighted by molar-refractivity contribution is 6.04. The number of nitrogens with one attached hydrogen (secondary N) is 1. The Morgan fingerprint density at radius 3 is 2.27 bits per heavy atom. The maximum atomic E-state index is 14.5. The monoisotopic (exact) mass is 457 g/mol. The Labute approximate surface area is 190 Å². The van der Waals surface area contributed by atoms with Crippen LogP contribution in [0.5, 0.6) is 0 Å². The third-order valence-electron chi connectivity index (χ3n) is 5.69. The summed E-state index contributed by atoms with van der Waals surface area (Å²) in [6.45, 7) is -0.655. The first kappa shape index (κ1) is 23.9. The summed E-state index contributed by atoms with van der Waals surface area (Å²) in [5, 5.41) is 2.46. The van der Waals surface area contributed by atoms with Crippen LogP contribution in [0.1, 0.15) is 52.0 Å². The molecule has 0 spiro atoms. The van der Waals surface area contributed by atoms with E-state index in [4.69, 9.17) is 9.47 Å². The van der Waals surface area contributed by atoms with E-state index in [2.05, 4.69) is 10.1 Å². The molecule has 1 fully saturated rings. The number of halogens is 1. The molecule has 1 aliphatic rings. The van der Waals surface area contributed by atoms with E-state index in [-0.39, 0.29) is 22.4 Å². The maximum absolute atomic E-state index is 14.5. The zero-order chi connectivity index (χ0) is 24.0. The van der Waals surface area contributed by atoms with Crippen molar-refractivity contribution >= 4 is 29.5 Å². The summed E-state index contributed by atoms with van der Waals surface area (Å²) in [6, 6.07) is 9.97. The minimum Gasteiger partial charge on any atom is -0.465 e. The van der Waals surface area contributed by atoms with Gasteiger partial charge in [-0.05, 0) is 37.1 Å². The van der Waals surface area contributed by atoms with Crippen molar-refractivity contribution in [1.29, 1.82) is 0 Å². The van der Waals surface area contributed by atoms with Gasteiger partial charge in [0.1, 0.15) is 5.82 Å². The van der Waals surface area contributed by atoms with Crippen molar-refractivity contribution in [2.45, 2.75) is 31.1 Å². The van der Waals surface area contributed by atoms with Crippen LogP contribution in [0, 0.1) is 5.82 Å². The molecule has 0 radical (unpaired) electrons. The van der Waals surface area contributed by atoms with Crippen molar-refractivity contribution in [2.24, 2.45) is 0 Å². The molecule has 0 bridgehead atoms. The molecule has 0 atom stereocenters. The largest absolute Gasteiger partial charge is 0.465 e. The van der Waals surface area contributed by atoms with Crippen LogP contribution in [0.2, 0.25) is 0 Å². The Kier molecular flexibility index (Phi) is 7.42. The predicted molar refractivity (Wildman–Crippen MR) is 115 cm³/mol. The van der Waals surface area contributed by atoms with Gasteiger partial charge in [-0.3, -0.25) is 9.59 Å². The van der Waals surface area contributed by atoms with E-state index < -0.39 is 41.7 Å². The van der Waals surface area contributed by atoms with E-state index >= 15 is 0 Å². The van der Waals surface area contributed by atoms with Crippen molar-refractivity contribution in [3.05, 3.63) is 65.0 Å². The lowest BCUT2D eigenvalue weighted by Crippen LogP contribution is -2.37. The smallest absolute Gasteiger partial charge is 0.339 e. The van der Waals surface area contributed by atoms with Gasteiger partial charge in [-0.2, -0.15) is 0 Å². The van der Waals surface area contributed by atoms with Crippen LogP contribution >= 0.6 is 0 Å². The number of methoxy groups -OCH3 is 2. The number of carbonyl (C=O) groups is 4. The van der Waals surface area contributed by atoms with Crippen LogP contribution in [0.15, 0.2) is 42.5 Å². The molecule has 1 amide bonds. The number of anilines is 1. The molecule has 2 aromatic rings. The number of rotatable bonds is 7. The number of amides is 1. The molecule has 0 unspecified atom stereocenters. The molecule has 3 rings (SSSR count). The summed E-state index contributed by atoms with van der Waals surface area (Å²) >= 11 is 0. The van der Waals surface area contributed by atoms with Crippen LogP contribution in [-0.4, -0.2) is 44.6 Å². The van der Waals surface area contributed by atoms with Gasteiger partial charge in [-0.25, -0.2) is 14.0 Å². The first-order valence-electron chi connectivity index (χ1n) is 10.3. The number of esters is 3. The van der Waals surface area contributed by atoms with E-state index in [1.54, 1.807) is 18.2 Å². The SMILES string of the molecule is COC(=O)c1ccc(C(=O)OC)c(NC(=O)COC(=O)C2(c3ccccc3F)CCCC2)c1. The predicted octanol–water partition coefficient (Wildman–Crippen LogP) is 3.39. The molecule has 1 saturated carbocycles. The van der Waals surface area contributed by atoms with Crippen molar-refractivity contribution in [3.8, 4) is 0 Å². The molecule has 1 N–H and O–H groups in total.